The molecule has 1 aromatic rings. The minimum atomic E-state index is -0.432. The maximum atomic E-state index is 11.5. The lowest BCUT2D eigenvalue weighted by Crippen LogP contribution is -2.08. The average Bonchev–Trinajstić information content (AvgIpc) is 2.21. The van der Waals surface area contributed by atoms with E-state index in [2.05, 4.69) is 15.9 Å². The molecule has 2 N–H and O–H groups in total. The maximum absolute atomic E-state index is 11.5. The van der Waals surface area contributed by atoms with Gasteiger partial charge in [-0.25, -0.2) is 4.79 Å². The van der Waals surface area contributed by atoms with Crippen LogP contribution in [0.5, 0.6) is 5.75 Å². The smallest absolute Gasteiger partial charge is 0.340 e. The van der Waals surface area contributed by atoms with Crippen LogP contribution in [0.2, 0.25) is 0 Å². The lowest BCUT2D eigenvalue weighted by atomic mass is 10.2. The second kappa shape index (κ2) is 5.02. The van der Waals surface area contributed by atoms with E-state index in [9.17, 15) is 4.79 Å². The van der Waals surface area contributed by atoms with Gasteiger partial charge in [-0.05, 0) is 28.9 Å². The molecule has 0 radical (unpaired) electrons. The largest absolute Gasteiger partial charge is 0.495 e. The van der Waals surface area contributed by atoms with Crippen molar-refractivity contribution in [3.63, 3.8) is 0 Å². The van der Waals surface area contributed by atoms with Gasteiger partial charge >= 0.3 is 5.97 Å². The average molecular weight is 274 g/mol. The third-order valence-electron chi connectivity index (χ3n) is 1.82. The van der Waals surface area contributed by atoms with Crippen LogP contribution in [0.25, 0.3) is 0 Å². The van der Waals surface area contributed by atoms with Crippen LogP contribution in [0.1, 0.15) is 17.3 Å². The number of halogens is 1. The molecule has 0 bridgehead atoms. The normalized spacial score (nSPS) is 9.80. The number of benzene rings is 1. The number of ether oxygens (including phenoxy) is 2. The number of carbonyl (C=O) groups excluding carboxylic acids is 1. The van der Waals surface area contributed by atoms with Gasteiger partial charge in [0.15, 0.2) is 0 Å². The molecule has 0 amide bonds. The summed E-state index contributed by atoms with van der Waals surface area (Å²) in [6.07, 6.45) is 0. The highest BCUT2D eigenvalue weighted by Crippen LogP contribution is 2.30. The Hall–Kier alpha value is -1.23. The summed E-state index contributed by atoms with van der Waals surface area (Å²) >= 11 is 3.27. The molecular formula is C10H12BrNO3. The predicted molar refractivity (Wildman–Crippen MR) is 61.1 cm³/mol. The number of hydrogen-bond acceptors (Lipinski definition) is 4. The maximum Gasteiger partial charge on any atom is 0.340 e. The fourth-order valence-electron chi connectivity index (χ4n) is 1.11. The molecule has 0 heterocycles. The number of methoxy groups -OCH3 is 1. The van der Waals surface area contributed by atoms with E-state index in [4.69, 9.17) is 15.2 Å². The lowest BCUT2D eigenvalue weighted by molar-refractivity contribution is 0.0527. The van der Waals surface area contributed by atoms with E-state index >= 15 is 0 Å². The Morgan fingerprint density at radius 1 is 1.53 bits per heavy atom. The Bertz CT molecular complexity index is 379. The minimum Gasteiger partial charge on any atom is -0.495 e. The van der Waals surface area contributed by atoms with Crippen molar-refractivity contribution in [2.45, 2.75) is 6.92 Å². The fourth-order valence-corrected chi connectivity index (χ4v) is 1.62. The molecule has 0 aliphatic heterocycles. The second-order valence-corrected chi connectivity index (χ2v) is 3.65. The number of anilines is 1. The number of rotatable bonds is 3. The SMILES string of the molecule is CCOC(=O)c1cc(Br)c(OC)cc1N. The van der Waals surface area contributed by atoms with Gasteiger partial charge in [0.2, 0.25) is 0 Å². The Morgan fingerprint density at radius 3 is 2.73 bits per heavy atom. The molecule has 0 fully saturated rings. The van der Waals surface area contributed by atoms with Crippen molar-refractivity contribution in [3.8, 4) is 5.75 Å². The van der Waals surface area contributed by atoms with E-state index in [1.165, 1.54) is 7.11 Å². The van der Waals surface area contributed by atoms with Crippen LogP contribution in [0.4, 0.5) is 5.69 Å². The van der Waals surface area contributed by atoms with Crippen molar-refractivity contribution in [2.75, 3.05) is 19.5 Å². The number of carbonyl (C=O) groups is 1. The zero-order chi connectivity index (χ0) is 11.4. The van der Waals surface area contributed by atoms with Crippen molar-refractivity contribution < 1.29 is 14.3 Å². The number of nitrogen functional groups attached to an aromatic ring is 1. The van der Waals surface area contributed by atoms with Crippen molar-refractivity contribution in [1.29, 1.82) is 0 Å². The molecule has 0 aromatic heterocycles. The summed E-state index contributed by atoms with van der Waals surface area (Å²) in [5, 5.41) is 0. The monoisotopic (exact) mass is 273 g/mol. The Balaban J connectivity index is 3.10. The molecule has 0 atom stereocenters. The first-order chi connectivity index (χ1) is 7.10. The molecule has 1 aromatic carbocycles. The van der Waals surface area contributed by atoms with Gasteiger partial charge in [-0.15, -0.1) is 0 Å². The standard InChI is InChI=1S/C10H12BrNO3/c1-3-15-10(13)6-4-7(11)9(14-2)5-8(6)12/h4-5H,3,12H2,1-2H3. The van der Waals surface area contributed by atoms with Crippen molar-refractivity contribution in [3.05, 3.63) is 22.2 Å². The molecule has 0 aliphatic carbocycles. The van der Waals surface area contributed by atoms with E-state index in [0.717, 1.165) is 0 Å². The number of nitrogens with two attached hydrogens (primary N) is 1. The number of esters is 1. The molecule has 0 aliphatic rings. The second-order valence-electron chi connectivity index (χ2n) is 2.79. The van der Waals surface area contributed by atoms with E-state index in [1.54, 1.807) is 19.1 Å². The molecule has 82 valence electrons. The van der Waals surface area contributed by atoms with Crippen LogP contribution in [-0.4, -0.2) is 19.7 Å². The lowest BCUT2D eigenvalue weighted by Gasteiger charge is -2.09. The van der Waals surface area contributed by atoms with Crippen LogP contribution in [-0.2, 0) is 4.74 Å². The molecule has 0 saturated heterocycles. The van der Waals surface area contributed by atoms with Crippen LogP contribution < -0.4 is 10.5 Å². The van der Waals surface area contributed by atoms with Gasteiger partial charge in [0.1, 0.15) is 5.75 Å². The van der Waals surface area contributed by atoms with Crippen LogP contribution in [0, 0.1) is 0 Å². The van der Waals surface area contributed by atoms with Crippen LogP contribution >= 0.6 is 15.9 Å². The first kappa shape index (κ1) is 11.8. The van der Waals surface area contributed by atoms with Crippen molar-refractivity contribution in [1.82, 2.24) is 0 Å². The van der Waals surface area contributed by atoms with Gasteiger partial charge < -0.3 is 15.2 Å². The zero-order valence-corrected chi connectivity index (χ0v) is 10.1. The summed E-state index contributed by atoms with van der Waals surface area (Å²) in [4.78, 5) is 11.5. The summed E-state index contributed by atoms with van der Waals surface area (Å²) in [5.74, 6) is 0.152. The number of hydrogen-bond donors (Lipinski definition) is 1. The van der Waals surface area contributed by atoms with Gasteiger partial charge in [-0.1, -0.05) is 0 Å². The Morgan fingerprint density at radius 2 is 2.20 bits per heavy atom. The third-order valence-corrected chi connectivity index (χ3v) is 2.44. The van der Waals surface area contributed by atoms with Gasteiger partial charge in [0.05, 0.1) is 23.8 Å². The van der Waals surface area contributed by atoms with Crippen LogP contribution in [0.15, 0.2) is 16.6 Å². The molecule has 0 saturated carbocycles. The fraction of sp³-hybridized carbons (Fsp3) is 0.300. The van der Waals surface area contributed by atoms with Crippen molar-refractivity contribution >= 4 is 27.6 Å². The molecule has 15 heavy (non-hydrogen) atoms. The topological polar surface area (TPSA) is 61.5 Å². The quantitative estimate of drug-likeness (QED) is 0.678. The van der Waals surface area contributed by atoms with Gasteiger partial charge in [-0.2, -0.15) is 0 Å². The van der Waals surface area contributed by atoms with E-state index in [-0.39, 0.29) is 0 Å². The van der Waals surface area contributed by atoms with Crippen LogP contribution in [0.3, 0.4) is 0 Å². The molecule has 5 heteroatoms. The molecule has 1 rings (SSSR count). The van der Waals surface area contributed by atoms with E-state index in [0.29, 0.717) is 28.1 Å². The van der Waals surface area contributed by atoms with Gasteiger partial charge in [-0.3, -0.25) is 0 Å². The molecule has 4 nitrogen and oxygen atoms in total. The summed E-state index contributed by atoms with van der Waals surface area (Å²) in [5.41, 5.74) is 6.37. The summed E-state index contributed by atoms with van der Waals surface area (Å²) < 4.78 is 10.6. The molecular weight excluding hydrogens is 262 g/mol. The highest BCUT2D eigenvalue weighted by atomic mass is 79.9. The van der Waals surface area contributed by atoms with Crippen molar-refractivity contribution in [2.24, 2.45) is 0 Å². The van der Waals surface area contributed by atoms with E-state index < -0.39 is 5.97 Å². The highest BCUT2D eigenvalue weighted by Gasteiger charge is 2.14. The zero-order valence-electron chi connectivity index (χ0n) is 8.54. The summed E-state index contributed by atoms with van der Waals surface area (Å²) in [6.45, 7) is 2.06. The molecule has 0 unspecified atom stereocenters. The predicted octanol–water partition coefficient (Wildman–Crippen LogP) is 2.22. The summed E-state index contributed by atoms with van der Waals surface area (Å²) in [7, 11) is 1.53. The highest BCUT2D eigenvalue weighted by molar-refractivity contribution is 9.10. The first-order valence-corrected chi connectivity index (χ1v) is 5.19. The molecule has 0 spiro atoms. The van der Waals surface area contributed by atoms with Gasteiger partial charge in [0, 0.05) is 11.8 Å². The Labute approximate surface area is 96.5 Å². The minimum absolute atomic E-state index is 0.321. The van der Waals surface area contributed by atoms with Gasteiger partial charge in [0.25, 0.3) is 0 Å². The first-order valence-electron chi connectivity index (χ1n) is 4.40. The summed E-state index contributed by atoms with van der Waals surface area (Å²) in [6, 6.07) is 3.17. The van der Waals surface area contributed by atoms with E-state index in [1.807, 2.05) is 0 Å². The third kappa shape index (κ3) is 2.62. The Kier molecular flexibility index (Phi) is 3.96.